The third-order valence-corrected chi connectivity index (χ3v) is 3.11. The smallest absolute Gasteiger partial charge is 0.222 e. The molecule has 0 saturated carbocycles. The Balaban J connectivity index is 2.17. The van der Waals surface area contributed by atoms with Gasteiger partial charge in [-0.15, -0.1) is 0 Å². The molecule has 92 valence electrons. The largest absolute Gasteiger partial charge is 0.370 e. The maximum absolute atomic E-state index is 5.79. The molecule has 0 aliphatic carbocycles. The zero-order valence-electron chi connectivity index (χ0n) is 10.1. The van der Waals surface area contributed by atoms with Crippen molar-refractivity contribution in [1.82, 2.24) is 15.0 Å². The van der Waals surface area contributed by atoms with Gasteiger partial charge in [0.25, 0.3) is 0 Å². The van der Waals surface area contributed by atoms with E-state index in [0.29, 0.717) is 5.95 Å². The topological polar surface area (TPSA) is 76.7 Å². The van der Waals surface area contributed by atoms with Crippen molar-refractivity contribution in [2.24, 2.45) is 0 Å². The predicted octanol–water partition coefficient (Wildman–Crippen LogP) is 1.87. The van der Waals surface area contributed by atoms with Crippen molar-refractivity contribution in [3.63, 3.8) is 0 Å². The number of aromatic nitrogens is 3. The molecule has 0 amide bonds. The molecular weight excluding hydrogens is 226 g/mol. The molecular formula is C13H15N5. The van der Waals surface area contributed by atoms with Gasteiger partial charge in [-0.1, -0.05) is 0 Å². The fourth-order valence-electron chi connectivity index (χ4n) is 2.26. The van der Waals surface area contributed by atoms with Gasteiger partial charge in [0.05, 0.1) is 5.69 Å². The van der Waals surface area contributed by atoms with Gasteiger partial charge >= 0.3 is 0 Å². The van der Waals surface area contributed by atoms with Crippen LogP contribution < -0.4 is 11.1 Å². The Morgan fingerprint density at radius 3 is 3.00 bits per heavy atom. The van der Waals surface area contributed by atoms with Gasteiger partial charge in [0.1, 0.15) is 5.82 Å². The Morgan fingerprint density at radius 1 is 1.22 bits per heavy atom. The van der Waals surface area contributed by atoms with Crippen molar-refractivity contribution < 1.29 is 0 Å². The van der Waals surface area contributed by atoms with E-state index >= 15 is 0 Å². The molecule has 0 unspecified atom stereocenters. The van der Waals surface area contributed by atoms with E-state index in [1.54, 1.807) is 6.20 Å². The zero-order chi connectivity index (χ0) is 12.4. The summed E-state index contributed by atoms with van der Waals surface area (Å²) in [6, 6.07) is 3.91. The van der Waals surface area contributed by atoms with Gasteiger partial charge in [-0.2, -0.15) is 4.98 Å². The lowest BCUT2D eigenvalue weighted by Gasteiger charge is -2.12. The number of fused-ring (bicyclic) bond motifs is 1. The first-order chi connectivity index (χ1) is 8.84. The number of nitrogens with zero attached hydrogens (tertiary/aromatic N) is 3. The first-order valence-electron chi connectivity index (χ1n) is 6.15. The van der Waals surface area contributed by atoms with Crippen molar-refractivity contribution in [2.45, 2.75) is 19.3 Å². The normalized spacial score (nSPS) is 14.4. The standard InChI is InChI=1S/C13H15N5/c14-13-17-11(9-4-3-6-15-8-9)10-5-1-2-7-16-12(10)18-13/h3-4,6,8H,1-2,5,7H2,(H3,14,16,17,18). The molecule has 0 fully saturated rings. The highest BCUT2D eigenvalue weighted by Gasteiger charge is 2.16. The van der Waals surface area contributed by atoms with E-state index in [-0.39, 0.29) is 0 Å². The molecule has 2 aromatic rings. The van der Waals surface area contributed by atoms with Crippen LogP contribution in [0.4, 0.5) is 11.8 Å². The highest BCUT2D eigenvalue weighted by molar-refractivity contribution is 5.69. The fourth-order valence-corrected chi connectivity index (χ4v) is 2.26. The van der Waals surface area contributed by atoms with Crippen molar-refractivity contribution >= 4 is 11.8 Å². The molecule has 3 heterocycles. The van der Waals surface area contributed by atoms with Gasteiger partial charge in [0.15, 0.2) is 0 Å². The summed E-state index contributed by atoms with van der Waals surface area (Å²) >= 11 is 0. The predicted molar refractivity (Wildman–Crippen MR) is 71.1 cm³/mol. The van der Waals surface area contributed by atoms with Crippen LogP contribution >= 0.6 is 0 Å². The molecule has 1 aliphatic rings. The molecule has 0 aromatic carbocycles. The molecule has 0 saturated heterocycles. The second-order valence-electron chi connectivity index (χ2n) is 4.38. The van der Waals surface area contributed by atoms with Crippen LogP contribution in [0, 0.1) is 0 Å². The lowest BCUT2D eigenvalue weighted by atomic mass is 10.0. The molecule has 18 heavy (non-hydrogen) atoms. The molecule has 5 heteroatoms. The summed E-state index contributed by atoms with van der Waals surface area (Å²) in [5.41, 5.74) is 8.83. The number of anilines is 2. The second kappa shape index (κ2) is 4.60. The zero-order valence-corrected chi connectivity index (χ0v) is 10.1. The maximum atomic E-state index is 5.79. The monoisotopic (exact) mass is 241 g/mol. The Morgan fingerprint density at radius 2 is 2.17 bits per heavy atom. The van der Waals surface area contributed by atoms with Gasteiger partial charge in [0.2, 0.25) is 5.95 Å². The van der Waals surface area contributed by atoms with Crippen LogP contribution in [0.3, 0.4) is 0 Å². The van der Waals surface area contributed by atoms with Crippen LogP contribution in [-0.2, 0) is 6.42 Å². The van der Waals surface area contributed by atoms with E-state index in [2.05, 4.69) is 20.3 Å². The molecule has 0 radical (unpaired) electrons. The summed E-state index contributed by atoms with van der Waals surface area (Å²) in [6.07, 6.45) is 6.83. The van der Waals surface area contributed by atoms with Crippen molar-refractivity contribution in [3.05, 3.63) is 30.1 Å². The van der Waals surface area contributed by atoms with Crippen LogP contribution in [0.2, 0.25) is 0 Å². The number of hydrogen-bond donors (Lipinski definition) is 2. The van der Waals surface area contributed by atoms with Crippen LogP contribution in [0.25, 0.3) is 11.3 Å². The highest BCUT2D eigenvalue weighted by Crippen LogP contribution is 2.29. The summed E-state index contributed by atoms with van der Waals surface area (Å²) in [7, 11) is 0. The Bertz CT molecular complexity index is 553. The van der Waals surface area contributed by atoms with Crippen LogP contribution in [0.5, 0.6) is 0 Å². The van der Waals surface area contributed by atoms with Gasteiger partial charge in [0, 0.05) is 30.1 Å². The number of rotatable bonds is 1. The number of hydrogen-bond acceptors (Lipinski definition) is 5. The van der Waals surface area contributed by atoms with Gasteiger partial charge in [-0.25, -0.2) is 4.98 Å². The maximum Gasteiger partial charge on any atom is 0.222 e. The fraction of sp³-hybridized carbons (Fsp3) is 0.308. The summed E-state index contributed by atoms with van der Waals surface area (Å²) in [5, 5.41) is 3.32. The molecule has 2 aromatic heterocycles. The van der Waals surface area contributed by atoms with E-state index in [4.69, 9.17) is 5.73 Å². The van der Waals surface area contributed by atoms with E-state index in [9.17, 15) is 0 Å². The molecule has 0 atom stereocenters. The SMILES string of the molecule is Nc1nc2c(c(-c3cccnc3)n1)CCCCN2. The van der Waals surface area contributed by atoms with Crippen molar-refractivity contribution in [1.29, 1.82) is 0 Å². The number of nitrogens with two attached hydrogens (primary N) is 1. The average molecular weight is 241 g/mol. The number of nitrogens with one attached hydrogen (secondary N) is 1. The van der Waals surface area contributed by atoms with Crippen LogP contribution in [0.1, 0.15) is 18.4 Å². The second-order valence-corrected chi connectivity index (χ2v) is 4.38. The van der Waals surface area contributed by atoms with Gasteiger partial charge in [-0.3, -0.25) is 4.98 Å². The Hall–Kier alpha value is -2.17. The van der Waals surface area contributed by atoms with Crippen molar-refractivity contribution in [3.8, 4) is 11.3 Å². The summed E-state index contributed by atoms with van der Waals surface area (Å²) in [6.45, 7) is 0.940. The van der Waals surface area contributed by atoms with Crippen LogP contribution in [0.15, 0.2) is 24.5 Å². The first-order valence-corrected chi connectivity index (χ1v) is 6.15. The first kappa shape index (κ1) is 11.0. The molecule has 0 bridgehead atoms. The van der Waals surface area contributed by atoms with Crippen LogP contribution in [-0.4, -0.2) is 21.5 Å². The lowest BCUT2D eigenvalue weighted by Crippen LogP contribution is -2.07. The van der Waals surface area contributed by atoms with E-state index in [1.165, 1.54) is 0 Å². The van der Waals surface area contributed by atoms with E-state index in [1.807, 2.05) is 18.3 Å². The molecule has 5 nitrogen and oxygen atoms in total. The summed E-state index contributed by atoms with van der Waals surface area (Å²) < 4.78 is 0. The molecule has 0 spiro atoms. The Kier molecular flexibility index (Phi) is 2.80. The molecule has 3 N–H and O–H groups in total. The average Bonchev–Trinajstić information content (AvgIpc) is 2.64. The lowest BCUT2D eigenvalue weighted by molar-refractivity contribution is 0.785. The van der Waals surface area contributed by atoms with Gasteiger partial charge < -0.3 is 11.1 Å². The number of nitrogen functional groups attached to an aromatic ring is 1. The van der Waals surface area contributed by atoms with E-state index < -0.39 is 0 Å². The minimum Gasteiger partial charge on any atom is -0.370 e. The number of pyridine rings is 1. The summed E-state index contributed by atoms with van der Waals surface area (Å²) in [4.78, 5) is 12.8. The highest BCUT2D eigenvalue weighted by atomic mass is 15.1. The summed E-state index contributed by atoms with van der Waals surface area (Å²) in [5.74, 6) is 1.18. The third-order valence-electron chi connectivity index (χ3n) is 3.11. The minimum absolute atomic E-state index is 0.307. The van der Waals surface area contributed by atoms with Crippen molar-refractivity contribution in [2.75, 3.05) is 17.6 Å². The van der Waals surface area contributed by atoms with Gasteiger partial charge in [-0.05, 0) is 31.4 Å². The van der Waals surface area contributed by atoms with E-state index in [0.717, 1.165) is 48.4 Å². The minimum atomic E-state index is 0.307. The molecule has 3 rings (SSSR count). The quantitative estimate of drug-likeness (QED) is 0.797. The molecule has 1 aliphatic heterocycles. The Labute approximate surface area is 105 Å². The third kappa shape index (κ3) is 1.99.